The summed E-state index contributed by atoms with van der Waals surface area (Å²) in [5, 5.41) is 12.5. The van der Waals surface area contributed by atoms with Crippen molar-refractivity contribution in [2.45, 2.75) is 70.6 Å². The summed E-state index contributed by atoms with van der Waals surface area (Å²) in [5.74, 6) is 0.585. The van der Waals surface area contributed by atoms with Gasteiger partial charge in [0.15, 0.2) is 0 Å². The number of urea groups is 1. The Balaban J connectivity index is 1.86. The normalized spacial score (nSPS) is 29.9. The van der Waals surface area contributed by atoms with Crippen molar-refractivity contribution in [2.24, 2.45) is 5.92 Å². The monoisotopic (exact) mass is 298 g/mol. The van der Waals surface area contributed by atoms with E-state index in [2.05, 4.69) is 19.2 Å². The van der Waals surface area contributed by atoms with Crippen molar-refractivity contribution in [3.05, 3.63) is 0 Å². The Labute approximate surface area is 128 Å². The zero-order valence-corrected chi connectivity index (χ0v) is 13.4. The second-order valence-electron chi connectivity index (χ2n) is 6.33. The summed E-state index contributed by atoms with van der Waals surface area (Å²) in [7, 11) is 0. The lowest BCUT2D eigenvalue weighted by Gasteiger charge is -2.35. The first kappa shape index (κ1) is 16.6. The molecular formula is C16H30N2O3. The van der Waals surface area contributed by atoms with Crippen LogP contribution in [0.3, 0.4) is 0 Å². The van der Waals surface area contributed by atoms with Crippen molar-refractivity contribution < 1.29 is 14.6 Å². The fraction of sp³-hybridized carbons (Fsp3) is 0.938. The highest BCUT2D eigenvalue weighted by Crippen LogP contribution is 2.25. The summed E-state index contributed by atoms with van der Waals surface area (Å²) >= 11 is 0. The van der Waals surface area contributed by atoms with Gasteiger partial charge in [-0.3, -0.25) is 0 Å². The third kappa shape index (κ3) is 4.10. The van der Waals surface area contributed by atoms with E-state index in [9.17, 15) is 9.90 Å². The first-order valence-electron chi connectivity index (χ1n) is 8.49. The Morgan fingerprint density at radius 1 is 1.38 bits per heavy atom. The summed E-state index contributed by atoms with van der Waals surface area (Å²) in [4.78, 5) is 14.2. The summed E-state index contributed by atoms with van der Waals surface area (Å²) < 4.78 is 5.90. The maximum absolute atomic E-state index is 12.4. The number of rotatable bonds is 5. The van der Waals surface area contributed by atoms with E-state index in [1.165, 1.54) is 0 Å². The molecule has 0 aromatic carbocycles. The van der Waals surface area contributed by atoms with Gasteiger partial charge in [0.05, 0.1) is 18.8 Å². The third-order valence-corrected chi connectivity index (χ3v) is 5.07. The molecule has 2 amide bonds. The fourth-order valence-electron chi connectivity index (χ4n) is 3.65. The van der Waals surface area contributed by atoms with Crippen molar-refractivity contribution in [1.29, 1.82) is 0 Å². The predicted molar refractivity (Wildman–Crippen MR) is 82.2 cm³/mol. The van der Waals surface area contributed by atoms with E-state index in [0.29, 0.717) is 5.92 Å². The second kappa shape index (κ2) is 7.99. The van der Waals surface area contributed by atoms with Crippen molar-refractivity contribution in [3.8, 4) is 0 Å². The van der Waals surface area contributed by atoms with Crippen LogP contribution in [-0.4, -0.2) is 54.0 Å². The minimum atomic E-state index is -0.0123. The molecule has 0 unspecified atom stereocenters. The third-order valence-electron chi connectivity index (χ3n) is 5.07. The molecule has 122 valence electrons. The van der Waals surface area contributed by atoms with Crippen LogP contribution >= 0.6 is 0 Å². The molecule has 2 heterocycles. The van der Waals surface area contributed by atoms with Gasteiger partial charge >= 0.3 is 6.03 Å². The number of carbonyl (C=O) groups excluding carboxylic acids is 1. The average Bonchev–Trinajstić information content (AvgIpc) is 2.97. The average molecular weight is 298 g/mol. The lowest BCUT2D eigenvalue weighted by molar-refractivity contribution is -0.0337. The van der Waals surface area contributed by atoms with Gasteiger partial charge in [-0.1, -0.05) is 26.7 Å². The Hall–Kier alpha value is -0.810. The number of hydrogen-bond donors (Lipinski definition) is 2. The van der Waals surface area contributed by atoms with E-state index in [-0.39, 0.29) is 30.8 Å². The highest BCUT2D eigenvalue weighted by molar-refractivity contribution is 5.75. The van der Waals surface area contributed by atoms with Crippen LogP contribution in [-0.2, 0) is 4.74 Å². The number of aliphatic hydroxyl groups is 1. The zero-order valence-electron chi connectivity index (χ0n) is 13.4. The highest BCUT2D eigenvalue weighted by atomic mass is 16.5. The van der Waals surface area contributed by atoms with Crippen LogP contribution in [0.25, 0.3) is 0 Å². The van der Waals surface area contributed by atoms with Crippen LogP contribution in [0.15, 0.2) is 0 Å². The molecule has 2 saturated heterocycles. The molecule has 0 aliphatic carbocycles. The lowest BCUT2D eigenvalue weighted by atomic mass is 9.89. The number of nitrogens with zero attached hydrogens (tertiary/aromatic N) is 1. The lowest BCUT2D eigenvalue weighted by Crippen LogP contribution is -2.50. The Kier molecular flexibility index (Phi) is 6.30. The molecule has 0 spiro atoms. The van der Waals surface area contributed by atoms with Crippen LogP contribution in [0.5, 0.6) is 0 Å². The van der Waals surface area contributed by atoms with Gasteiger partial charge in [-0.25, -0.2) is 4.79 Å². The van der Waals surface area contributed by atoms with E-state index in [1.54, 1.807) is 4.90 Å². The molecule has 5 nitrogen and oxygen atoms in total. The van der Waals surface area contributed by atoms with E-state index in [1.807, 2.05) is 0 Å². The van der Waals surface area contributed by atoms with Crippen molar-refractivity contribution >= 4 is 6.03 Å². The molecule has 2 rings (SSSR count). The second-order valence-corrected chi connectivity index (χ2v) is 6.33. The maximum Gasteiger partial charge on any atom is 0.317 e. The summed E-state index contributed by atoms with van der Waals surface area (Å²) in [6, 6.07) is 0.193. The Bertz CT molecular complexity index is 333. The SMILES string of the molecule is CCC(CC)[C@H]1C[C@H](NC(=O)N2CCC[C@H]2CO)CCO1. The van der Waals surface area contributed by atoms with E-state index >= 15 is 0 Å². The number of aliphatic hydroxyl groups excluding tert-OH is 1. The van der Waals surface area contributed by atoms with Crippen LogP contribution < -0.4 is 5.32 Å². The van der Waals surface area contributed by atoms with Gasteiger partial charge in [0, 0.05) is 19.2 Å². The predicted octanol–water partition coefficient (Wildman–Crippen LogP) is 2.14. The highest BCUT2D eigenvalue weighted by Gasteiger charge is 2.32. The van der Waals surface area contributed by atoms with Crippen molar-refractivity contribution in [2.75, 3.05) is 19.8 Å². The van der Waals surface area contributed by atoms with E-state index in [0.717, 1.165) is 51.7 Å². The first-order chi connectivity index (χ1) is 10.2. The molecule has 3 atom stereocenters. The smallest absolute Gasteiger partial charge is 0.317 e. The van der Waals surface area contributed by atoms with E-state index in [4.69, 9.17) is 4.74 Å². The van der Waals surface area contributed by atoms with Crippen LogP contribution in [0.2, 0.25) is 0 Å². The van der Waals surface area contributed by atoms with Crippen LogP contribution in [0.4, 0.5) is 4.79 Å². The largest absolute Gasteiger partial charge is 0.394 e. The van der Waals surface area contributed by atoms with Gasteiger partial charge in [-0.2, -0.15) is 0 Å². The van der Waals surface area contributed by atoms with Crippen molar-refractivity contribution in [1.82, 2.24) is 10.2 Å². The van der Waals surface area contributed by atoms with Gasteiger partial charge in [0.1, 0.15) is 0 Å². The summed E-state index contributed by atoms with van der Waals surface area (Å²) in [6.07, 6.45) is 6.22. The minimum Gasteiger partial charge on any atom is -0.394 e. The zero-order chi connectivity index (χ0) is 15.2. The maximum atomic E-state index is 12.4. The Morgan fingerprint density at radius 2 is 2.14 bits per heavy atom. The fourth-order valence-corrected chi connectivity index (χ4v) is 3.65. The van der Waals surface area contributed by atoms with Crippen LogP contribution in [0, 0.1) is 5.92 Å². The van der Waals surface area contributed by atoms with Gasteiger partial charge in [0.25, 0.3) is 0 Å². The first-order valence-corrected chi connectivity index (χ1v) is 8.49. The molecule has 2 fully saturated rings. The van der Waals surface area contributed by atoms with Gasteiger partial charge in [-0.05, 0) is 31.6 Å². The van der Waals surface area contributed by atoms with Crippen LogP contribution in [0.1, 0.15) is 52.4 Å². The summed E-state index contributed by atoms with van der Waals surface area (Å²) in [5.41, 5.74) is 0. The molecule has 0 aromatic heterocycles. The molecule has 2 N–H and O–H groups in total. The molecule has 0 saturated carbocycles. The Morgan fingerprint density at radius 3 is 2.81 bits per heavy atom. The molecule has 5 heteroatoms. The molecule has 2 aliphatic rings. The molecule has 21 heavy (non-hydrogen) atoms. The molecule has 2 aliphatic heterocycles. The number of nitrogens with one attached hydrogen (secondary N) is 1. The minimum absolute atomic E-state index is 0.000306. The molecule has 0 bridgehead atoms. The number of hydrogen-bond acceptors (Lipinski definition) is 3. The quantitative estimate of drug-likeness (QED) is 0.817. The summed E-state index contributed by atoms with van der Waals surface area (Å²) in [6.45, 7) is 5.97. The molecular weight excluding hydrogens is 268 g/mol. The van der Waals surface area contributed by atoms with Gasteiger partial charge < -0.3 is 20.1 Å². The molecule has 0 radical (unpaired) electrons. The number of likely N-dealkylation sites (tertiary alicyclic amines) is 1. The van der Waals surface area contributed by atoms with Gasteiger partial charge in [-0.15, -0.1) is 0 Å². The molecule has 0 aromatic rings. The van der Waals surface area contributed by atoms with E-state index < -0.39 is 0 Å². The number of ether oxygens (including phenoxy) is 1. The number of carbonyl (C=O) groups is 1. The van der Waals surface area contributed by atoms with Crippen molar-refractivity contribution in [3.63, 3.8) is 0 Å². The van der Waals surface area contributed by atoms with Gasteiger partial charge in [0.2, 0.25) is 0 Å². The standard InChI is InChI=1S/C16H30N2O3/c1-3-12(4-2)15-10-13(7-9-21-15)17-16(20)18-8-5-6-14(18)11-19/h12-15,19H,3-11H2,1-2H3,(H,17,20)/t13-,14+,15-/m1/s1. The number of amides is 2. The topological polar surface area (TPSA) is 61.8 Å².